The minimum Gasteiger partial charge on any atom is -0.377 e. The lowest BCUT2D eigenvalue weighted by Gasteiger charge is -2.06. The first-order valence-electron chi connectivity index (χ1n) is 8.86. The number of allylic oxidation sites excluding steroid dienone is 1. The Balaban J connectivity index is -0.000000588. The first-order valence-corrected chi connectivity index (χ1v) is 8.86. The Morgan fingerprint density at radius 1 is 1.16 bits per heavy atom. The monoisotopic (exact) mass is 356 g/mol. The Kier molecular flexibility index (Phi) is 33.7. The van der Waals surface area contributed by atoms with E-state index in [4.69, 9.17) is 15.9 Å². The maximum atomic E-state index is 11.2. The molecule has 0 atom stereocenters. The van der Waals surface area contributed by atoms with E-state index in [1.165, 1.54) is 0 Å². The van der Waals surface area contributed by atoms with Crippen LogP contribution < -0.4 is 10.6 Å². The zero-order valence-electron chi connectivity index (χ0n) is 16.1. The minimum atomic E-state index is 0.00897. The molecule has 6 heteroatoms. The fourth-order valence-electron chi connectivity index (χ4n) is 1.24. The molecule has 25 heavy (non-hydrogen) atoms. The summed E-state index contributed by atoms with van der Waals surface area (Å²) in [6, 6.07) is 0. The topological polar surface area (TPSA) is 76.7 Å². The van der Waals surface area contributed by atoms with Crippen LogP contribution in [-0.2, 0) is 19.1 Å². The average molecular weight is 357 g/mol. The van der Waals surface area contributed by atoms with E-state index in [1.807, 2.05) is 13.8 Å². The summed E-state index contributed by atoms with van der Waals surface area (Å²) in [5.74, 6) is 2.53. The highest BCUT2D eigenvalue weighted by Gasteiger charge is 1.97. The highest BCUT2D eigenvalue weighted by molar-refractivity contribution is 5.75. The third-order valence-corrected chi connectivity index (χ3v) is 2.38. The van der Waals surface area contributed by atoms with Gasteiger partial charge >= 0.3 is 0 Å². The molecule has 0 rings (SSSR count). The maximum Gasteiger partial charge on any atom is 0.220 e. The molecule has 0 aromatic rings. The van der Waals surface area contributed by atoms with Crippen molar-refractivity contribution in [2.45, 2.75) is 46.5 Å². The van der Waals surface area contributed by atoms with E-state index in [0.29, 0.717) is 58.8 Å². The predicted molar refractivity (Wildman–Crippen MR) is 103 cm³/mol. The molecule has 0 aliphatic rings. The lowest BCUT2D eigenvalue weighted by Crippen LogP contribution is -2.27. The number of rotatable bonds is 14. The molecule has 146 valence electrons. The third kappa shape index (κ3) is 34.5. The first-order chi connectivity index (χ1) is 12.2. The third-order valence-electron chi connectivity index (χ3n) is 2.38. The number of unbranched alkanes of at least 4 members (excludes halogenated alkanes) is 1. The number of nitrogens with one attached hydrogen (secondary N) is 2. The van der Waals surface area contributed by atoms with Crippen LogP contribution in [0, 0.1) is 12.3 Å². The summed E-state index contributed by atoms with van der Waals surface area (Å²) in [6.07, 6.45) is 10.4. The number of hydrogen-bond acceptors (Lipinski definition) is 4. The van der Waals surface area contributed by atoms with Crippen LogP contribution in [0.25, 0.3) is 0 Å². The Bertz CT molecular complexity index is 328. The van der Waals surface area contributed by atoms with E-state index in [2.05, 4.69) is 30.1 Å². The molecule has 0 saturated heterocycles. The van der Waals surface area contributed by atoms with Gasteiger partial charge in [-0.3, -0.25) is 9.59 Å². The molecule has 0 spiro atoms. The van der Waals surface area contributed by atoms with Gasteiger partial charge < -0.3 is 20.1 Å². The summed E-state index contributed by atoms with van der Waals surface area (Å²) in [5.41, 5.74) is 0. The quantitative estimate of drug-likeness (QED) is 0.217. The number of ether oxygens (including phenoxy) is 2. The summed E-state index contributed by atoms with van der Waals surface area (Å²) >= 11 is 0. The SMILES string of the molecule is C#CCCC.C=CCCC(=O)NCCOCCOCCNC=O.CC. The Labute approximate surface area is 153 Å². The summed E-state index contributed by atoms with van der Waals surface area (Å²) in [7, 11) is 0. The average Bonchev–Trinajstić information content (AvgIpc) is 2.64. The van der Waals surface area contributed by atoms with E-state index in [9.17, 15) is 9.59 Å². The largest absolute Gasteiger partial charge is 0.377 e. The molecule has 0 aromatic carbocycles. The van der Waals surface area contributed by atoms with Crippen LogP contribution in [0.5, 0.6) is 0 Å². The van der Waals surface area contributed by atoms with Crippen LogP contribution in [0.4, 0.5) is 0 Å². The minimum absolute atomic E-state index is 0.00897. The Morgan fingerprint density at radius 2 is 1.76 bits per heavy atom. The zero-order chi connectivity index (χ0) is 19.6. The van der Waals surface area contributed by atoms with Crippen LogP contribution in [0.2, 0.25) is 0 Å². The molecular weight excluding hydrogens is 320 g/mol. The van der Waals surface area contributed by atoms with Gasteiger partial charge in [0.2, 0.25) is 12.3 Å². The fraction of sp³-hybridized carbons (Fsp3) is 0.684. The number of terminal acetylenes is 1. The van der Waals surface area contributed by atoms with E-state index < -0.39 is 0 Å². The van der Waals surface area contributed by atoms with Crippen molar-refractivity contribution in [2.24, 2.45) is 0 Å². The van der Waals surface area contributed by atoms with Crippen molar-refractivity contribution >= 4 is 12.3 Å². The van der Waals surface area contributed by atoms with Gasteiger partial charge in [0.25, 0.3) is 0 Å². The second-order valence-electron chi connectivity index (χ2n) is 4.43. The molecule has 2 amide bonds. The predicted octanol–water partition coefficient (Wildman–Crippen LogP) is 2.29. The van der Waals surface area contributed by atoms with Gasteiger partial charge in [-0.1, -0.05) is 26.8 Å². The maximum absolute atomic E-state index is 11.2. The number of amides is 2. The van der Waals surface area contributed by atoms with Crippen molar-refractivity contribution in [3.8, 4) is 12.3 Å². The van der Waals surface area contributed by atoms with Gasteiger partial charge in [-0.15, -0.1) is 18.9 Å². The van der Waals surface area contributed by atoms with Gasteiger partial charge in [0, 0.05) is 25.9 Å². The molecule has 0 heterocycles. The van der Waals surface area contributed by atoms with Crippen LogP contribution in [0.1, 0.15) is 46.5 Å². The molecule has 0 aliphatic heterocycles. The van der Waals surface area contributed by atoms with Crippen molar-refractivity contribution in [3.63, 3.8) is 0 Å². The smallest absolute Gasteiger partial charge is 0.220 e. The highest BCUT2D eigenvalue weighted by atomic mass is 16.5. The Hall–Kier alpha value is -1.84. The molecule has 6 nitrogen and oxygen atoms in total. The molecule has 0 saturated carbocycles. The van der Waals surface area contributed by atoms with Gasteiger partial charge in [-0.05, 0) is 12.8 Å². The summed E-state index contributed by atoms with van der Waals surface area (Å²) in [6.45, 7) is 12.5. The van der Waals surface area contributed by atoms with Gasteiger partial charge in [0.1, 0.15) is 0 Å². The summed E-state index contributed by atoms with van der Waals surface area (Å²) < 4.78 is 10.4. The molecule has 2 N–H and O–H groups in total. The van der Waals surface area contributed by atoms with Gasteiger partial charge in [-0.25, -0.2) is 0 Å². The van der Waals surface area contributed by atoms with E-state index >= 15 is 0 Å². The van der Waals surface area contributed by atoms with Crippen molar-refractivity contribution in [1.82, 2.24) is 10.6 Å². The highest BCUT2D eigenvalue weighted by Crippen LogP contribution is 1.88. The molecule has 0 aliphatic carbocycles. The first kappa shape index (κ1) is 28.0. The molecule has 0 fully saturated rings. The number of carbonyl (C=O) groups excluding carboxylic acids is 2. The molecule has 0 aromatic heterocycles. The molecule has 0 unspecified atom stereocenters. The van der Waals surface area contributed by atoms with E-state index in [-0.39, 0.29) is 5.91 Å². The van der Waals surface area contributed by atoms with Crippen molar-refractivity contribution in [3.05, 3.63) is 12.7 Å². The molecule has 0 radical (unpaired) electrons. The Morgan fingerprint density at radius 3 is 2.20 bits per heavy atom. The van der Waals surface area contributed by atoms with Gasteiger partial charge in [0.15, 0.2) is 0 Å². The van der Waals surface area contributed by atoms with E-state index in [0.717, 1.165) is 12.8 Å². The lowest BCUT2D eigenvalue weighted by atomic mass is 10.3. The van der Waals surface area contributed by atoms with Gasteiger partial charge in [0.05, 0.1) is 26.4 Å². The number of carbonyl (C=O) groups is 2. The summed E-state index contributed by atoms with van der Waals surface area (Å²) in [5, 5.41) is 5.22. The van der Waals surface area contributed by atoms with Crippen LogP contribution >= 0.6 is 0 Å². The zero-order valence-corrected chi connectivity index (χ0v) is 16.1. The normalized spacial score (nSPS) is 8.56. The van der Waals surface area contributed by atoms with Crippen molar-refractivity contribution in [2.75, 3.05) is 39.5 Å². The standard InChI is InChI=1S/C12H22N2O4.C5H8.C2H6/c1-2-3-4-12(16)14-6-8-18-10-9-17-7-5-13-11-15;1-3-5-4-2;1-2/h2,11H,1,3-10H2,(H,13,15)(H,14,16);1H,4-5H2,2H3;1-2H3. The molecular formula is C19H36N2O4. The fourth-order valence-corrected chi connectivity index (χ4v) is 1.24. The second-order valence-corrected chi connectivity index (χ2v) is 4.43. The van der Waals surface area contributed by atoms with E-state index in [1.54, 1.807) is 6.08 Å². The van der Waals surface area contributed by atoms with Crippen LogP contribution in [0.3, 0.4) is 0 Å². The molecule has 0 bridgehead atoms. The lowest BCUT2D eigenvalue weighted by molar-refractivity contribution is -0.121. The van der Waals surface area contributed by atoms with Crippen molar-refractivity contribution < 1.29 is 19.1 Å². The van der Waals surface area contributed by atoms with Gasteiger partial charge in [-0.2, -0.15) is 0 Å². The van der Waals surface area contributed by atoms with Crippen LogP contribution in [-0.4, -0.2) is 51.8 Å². The number of hydrogen-bond donors (Lipinski definition) is 2. The summed E-state index contributed by atoms with van der Waals surface area (Å²) in [4.78, 5) is 21.1. The second kappa shape index (κ2) is 30.1. The van der Waals surface area contributed by atoms with Crippen LogP contribution in [0.15, 0.2) is 12.7 Å². The van der Waals surface area contributed by atoms with Crippen molar-refractivity contribution in [1.29, 1.82) is 0 Å².